The molecule has 0 spiro atoms. The van der Waals surface area contributed by atoms with Crippen LogP contribution in [0.25, 0.3) is 0 Å². The minimum absolute atomic E-state index is 0.00856. The van der Waals surface area contributed by atoms with E-state index in [2.05, 4.69) is 15.0 Å². The maximum Gasteiger partial charge on any atom is 0.272 e. The number of aryl methyl sites for hydroxylation is 1. The predicted molar refractivity (Wildman–Crippen MR) is 105 cm³/mol. The van der Waals surface area contributed by atoms with Gasteiger partial charge in [0.15, 0.2) is 5.89 Å². The van der Waals surface area contributed by atoms with Crippen molar-refractivity contribution in [2.24, 2.45) is 0 Å². The zero-order valence-corrected chi connectivity index (χ0v) is 16.1. The summed E-state index contributed by atoms with van der Waals surface area (Å²) < 4.78 is 19.3. The maximum absolute atomic E-state index is 13.4. The van der Waals surface area contributed by atoms with Crippen LogP contribution in [0.15, 0.2) is 40.9 Å². The fourth-order valence-electron chi connectivity index (χ4n) is 3.67. The molecule has 2 aromatic heterocycles. The Morgan fingerprint density at radius 3 is 3.00 bits per heavy atom. The van der Waals surface area contributed by atoms with E-state index in [1.54, 1.807) is 30.2 Å². The third-order valence-electron chi connectivity index (χ3n) is 4.99. The number of amides is 1. The monoisotopic (exact) mass is 395 g/mol. The molecule has 0 aliphatic carbocycles. The lowest BCUT2D eigenvalue weighted by Gasteiger charge is -2.31. The number of nitrogens with two attached hydrogens (primary N) is 1. The van der Waals surface area contributed by atoms with Gasteiger partial charge in [-0.3, -0.25) is 4.79 Å². The number of aromatic nitrogens is 3. The van der Waals surface area contributed by atoms with E-state index in [9.17, 15) is 9.18 Å². The Morgan fingerprint density at radius 2 is 2.21 bits per heavy atom. The number of oxazole rings is 1. The smallest absolute Gasteiger partial charge is 0.272 e. The van der Waals surface area contributed by atoms with Gasteiger partial charge in [0.25, 0.3) is 5.91 Å². The highest BCUT2D eigenvalue weighted by molar-refractivity contribution is 5.92. The molecule has 0 radical (unpaired) electrons. The third-order valence-corrected chi connectivity index (χ3v) is 4.99. The van der Waals surface area contributed by atoms with Gasteiger partial charge in [-0.05, 0) is 43.5 Å². The molecule has 1 unspecified atom stereocenters. The van der Waals surface area contributed by atoms with Crippen LogP contribution >= 0.6 is 0 Å². The fourth-order valence-corrected chi connectivity index (χ4v) is 3.67. The first-order chi connectivity index (χ1) is 14.0. The highest BCUT2D eigenvalue weighted by Gasteiger charge is 2.29. The van der Waals surface area contributed by atoms with Gasteiger partial charge in [0.1, 0.15) is 17.3 Å². The highest BCUT2D eigenvalue weighted by atomic mass is 19.1. The van der Waals surface area contributed by atoms with Gasteiger partial charge < -0.3 is 15.1 Å². The summed E-state index contributed by atoms with van der Waals surface area (Å²) in [5, 5.41) is 0. The molecule has 1 amide bonds. The van der Waals surface area contributed by atoms with Crippen molar-refractivity contribution in [1.29, 1.82) is 0 Å². The number of hydrogen-bond donors (Lipinski definition) is 1. The van der Waals surface area contributed by atoms with Crippen LogP contribution in [0.1, 0.15) is 52.2 Å². The summed E-state index contributed by atoms with van der Waals surface area (Å²) in [6.07, 6.45) is 3.88. The van der Waals surface area contributed by atoms with E-state index in [0.29, 0.717) is 42.5 Å². The van der Waals surface area contributed by atoms with Crippen molar-refractivity contribution in [3.05, 3.63) is 70.9 Å². The van der Waals surface area contributed by atoms with Crippen LogP contribution in [0.3, 0.4) is 0 Å². The van der Waals surface area contributed by atoms with Crippen molar-refractivity contribution >= 4 is 11.9 Å². The second kappa shape index (κ2) is 7.98. The lowest BCUT2D eigenvalue weighted by atomic mass is 9.97. The van der Waals surface area contributed by atoms with Gasteiger partial charge in [-0.15, -0.1) is 0 Å². The SMILES string of the molecule is Cc1cc(C(=O)N2CCCC(c3ncc(Cc4cccc(F)c4)o3)C2)nc(N)n1. The lowest BCUT2D eigenvalue weighted by Crippen LogP contribution is -2.39. The van der Waals surface area contributed by atoms with E-state index in [1.807, 2.05) is 6.07 Å². The Hall–Kier alpha value is -3.29. The average molecular weight is 395 g/mol. The number of carbonyl (C=O) groups is 1. The first-order valence-electron chi connectivity index (χ1n) is 9.57. The van der Waals surface area contributed by atoms with E-state index in [-0.39, 0.29) is 23.6 Å². The Morgan fingerprint density at radius 1 is 1.34 bits per heavy atom. The summed E-state index contributed by atoms with van der Waals surface area (Å²) in [6, 6.07) is 8.06. The lowest BCUT2D eigenvalue weighted by molar-refractivity contribution is 0.0691. The van der Waals surface area contributed by atoms with Crippen molar-refractivity contribution in [2.45, 2.75) is 32.1 Å². The van der Waals surface area contributed by atoms with Gasteiger partial charge in [0, 0.05) is 25.2 Å². The third kappa shape index (κ3) is 4.42. The number of nitrogen functional groups attached to an aromatic ring is 1. The first kappa shape index (κ1) is 19.0. The van der Waals surface area contributed by atoms with Gasteiger partial charge in [0.05, 0.1) is 12.1 Å². The zero-order valence-electron chi connectivity index (χ0n) is 16.1. The van der Waals surface area contributed by atoms with Gasteiger partial charge >= 0.3 is 0 Å². The van der Waals surface area contributed by atoms with E-state index in [1.165, 1.54) is 12.1 Å². The average Bonchev–Trinajstić information content (AvgIpc) is 3.15. The van der Waals surface area contributed by atoms with Crippen molar-refractivity contribution in [3.63, 3.8) is 0 Å². The molecule has 1 atom stereocenters. The molecule has 150 valence electrons. The molecule has 8 heteroatoms. The molecule has 3 heterocycles. The normalized spacial score (nSPS) is 16.8. The number of piperidine rings is 1. The summed E-state index contributed by atoms with van der Waals surface area (Å²) in [6.45, 7) is 2.93. The number of benzene rings is 1. The van der Waals surface area contributed by atoms with Crippen molar-refractivity contribution in [1.82, 2.24) is 19.9 Å². The molecular formula is C21H22FN5O2. The topological polar surface area (TPSA) is 98.1 Å². The van der Waals surface area contributed by atoms with Crippen LogP contribution in [0, 0.1) is 12.7 Å². The molecule has 1 aliphatic heterocycles. The van der Waals surface area contributed by atoms with Crippen molar-refractivity contribution in [2.75, 3.05) is 18.8 Å². The van der Waals surface area contributed by atoms with Gasteiger partial charge in [-0.1, -0.05) is 12.1 Å². The molecule has 1 fully saturated rings. The predicted octanol–water partition coefficient (Wildman–Crippen LogP) is 3.10. The summed E-state index contributed by atoms with van der Waals surface area (Å²) in [4.78, 5) is 27.1. The largest absolute Gasteiger partial charge is 0.445 e. The molecule has 3 aromatic rings. The summed E-state index contributed by atoms with van der Waals surface area (Å²) in [5.74, 6) is 0.939. The van der Waals surface area contributed by atoms with Gasteiger partial charge in [-0.25, -0.2) is 19.3 Å². The van der Waals surface area contributed by atoms with Crippen LogP contribution < -0.4 is 5.73 Å². The number of likely N-dealkylation sites (tertiary alicyclic amines) is 1. The first-order valence-corrected chi connectivity index (χ1v) is 9.57. The molecule has 0 bridgehead atoms. The zero-order chi connectivity index (χ0) is 20.4. The molecule has 4 rings (SSSR count). The van der Waals surface area contributed by atoms with E-state index in [4.69, 9.17) is 10.2 Å². The van der Waals surface area contributed by atoms with E-state index >= 15 is 0 Å². The van der Waals surface area contributed by atoms with Crippen molar-refractivity contribution in [3.8, 4) is 0 Å². The minimum Gasteiger partial charge on any atom is -0.445 e. The molecule has 1 aromatic carbocycles. The Labute approximate surface area is 167 Å². The Kier molecular flexibility index (Phi) is 5.24. The van der Waals surface area contributed by atoms with Crippen LogP contribution in [-0.4, -0.2) is 38.8 Å². The number of halogens is 1. The summed E-state index contributed by atoms with van der Waals surface area (Å²) in [5.41, 5.74) is 7.46. The molecule has 1 aliphatic rings. The molecule has 7 nitrogen and oxygen atoms in total. The van der Waals surface area contributed by atoms with Crippen LogP contribution in [0.4, 0.5) is 10.3 Å². The van der Waals surface area contributed by atoms with E-state index < -0.39 is 0 Å². The van der Waals surface area contributed by atoms with Gasteiger partial charge in [0.2, 0.25) is 5.95 Å². The number of rotatable bonds is 4. The highest BCUT2D eigenvalue weighted by Crippen LogP contribution is 2.28. The molecular weight excluding hydrogens is 373 g/mol. The van der Waals surface area contributed by atoms with Crippen LogP contribution in [0.2, 0.25) is 0 Å². The molecule has 1 saturated heterocycles. The van der Waals surface area contributed by atoms with Gasteiger partial charge in [-0.2, -0.15) is 0 Å². The number of carbonyl (C=O) groups excluding carboxylic acids is 1. The second-order valence-electron chi connectivity index (χ2n) is 7.31. The maximum atomic E-state index is 13.4. The van der Waals surface area contributed by atoms with E-state index in [0.717, 1.165) is 18.4 Å². The van der Waals surface area contributed by atoms with Crippen molar-refractivity contribution < 1.29 is 13.6 Å². The standard InChI is InChI=1S/C21H22FN5O2/c1-13-8-18(26-21(23)25-13)20(28)27-7-3-5-15(12-27)19-24-11-17(29-19)10-14-4-2-6-16(22)9-14/h2,4,6,8-9,11,15H,3,5,7,10,12H2,1H3,(H2,23,25,26). The van der Waals surface area contributed by atoms with Crippen LogP contribution in [0.5, 0.6) is 0 Å². The van der Waals surface area contributed by atoms with Crippen LogP contribution in [-0.2, 0) is 6.42 Å². The molecule has 2 N–H and O–H groups in total. The number of nitrogens with zero attached hydrogens (tertiary/aromatic N) is 4. The Bertz CT molecular complexity index is 1020. The number of anilines is 1. The Balaban J connectivity index is 1.46. The number of hydrogen-bond acceptors (Lipinski definition) is 6. The summed E-state index contributed by atoms with van der Waals surface area (Å²) >= 11 is 0. The molecule has 0 saturated carbocycles. The molecule has 29 heavy (non-hydrogen) atoms. The minimum atomic E-state index is -0.274. The fraction of sp³-hybridized carbons (Fsp3) is 0.333. The second-order valence-corrected chi connectivity index (χ2v) is 7.31. The quantitative estimate of drug-likeness (QED) is 0.729. The summed E-state index contributed by atoms with van der Waals surface area (Å²) in [7, 11) is 0.